The minimum atomic E-state index is 0.406. The van der Waals surface area contributed by atoms with Crippen molar-refractivity contribution in [2.45, 2.75) is 57.2 Å². The molecule has 0 radical (unpaired) electrons. The number of hydrogen-bond acceptors (Lipinski definition) is 4. The molecule has 0 aliphatic carbocycles. The van der Waals surface area contributed by atoms with Gasteiger partial charge in [-0.1, -0.05) is 0 Å². The van der Waals surface area contributed by atoms with Gasteiger partial charge in [-0.05, 0) is 51.5 Å². The number of thiazole rings is 1. The lowest BCUT2D eigenvalue weighted by Gasteiger charge is -2.29. The first-order valence-electron chi connectivity index (χ1n) is 7.20. The monoisotopic (exact) mass is 265 g/mol. The van der Waals surface area contributed by atoms with Crippen LogP contribution in [-0.2, 0) is 0 Å². The number of rotatable bonds is 5. The van der Waals surface area contributed by atoms with Gasteiger partial charge in [0.2, 0.25) is 0 Å². The molecule has 0 spiro atoms. The van der Waals surface area contributed by atoms with Crippen molar-refractivity contribution in [1.29, 1.82) is 0 Å². The second-order valence-electron chi connectivity index (χ2n) is 5.81. The van der Waals surface area contributed by atoms with Crippen molar-refractivity contribution in [2.24, 2.45) is 5.92 Å². The second kappa shape index (κ2) is 5.68. The van der Waals surface area contributed by atoms with E-state index in [1.165, 1.54) is 37.1 Å². The van der Waals surface area contributed by atoms with Gasteiger partial charge in [-0.15, -0.1) is 11.3 Å². The first kappa shape index (κ1) is 12.6. The normalized spacial score (nSPS) is 32.6. The third kappa shape index (κ3) is 2.92. The van der Waals surface area contributed by atoms with Gasteiger partial charge in [0.1, 0.15) is 5.01 Å². The Morgan fingerprint density at radius 3 is 2.89 bits per heavy atom. The summed E-state index contributed by atoms with van der Waals surface area (Å²) in [5.74, 6) is 0.930. The predicted molar refractivity (Wildman–Crippen MR) is 75.8 cm³/mol. The summed E-state index contributed by atoms with van der Waals surface area (Å²) in [6.07, 6.45) is 8.81. The van der Waals surface area contributed by atoms with Gasteiger partial charge in [0.05, 0.1) is 6.04 Å². The highest BCUT2D eigenvalue weighted by Crippen LogP contribution is 2.32. The lowest BCUT2D eigenvalue weighted by Crippen LogP contribution is -2.38. The quantitative estimate of drug-likeness (QED) is 0.859. The maximum atomic E-state index is 4.36. The van der Waals surface area contributed by atoms with Gasteiger partial charge in [0, 0.05) is 23.7 Å². The Balaban J connectivity index is 1.40. The molecule has 1 aromatic heterocycles. The standard InChI is InChI=1S/C14H23N3S/c1-10(14-16-6-7-18-14)15-5-4-11-8-12-2-3-13(9-11)17-12/h6-7,10-13,15,17H,2-5,8-9H2,1H3. The van der Waals surface area contributed by atoms with Crippen molar-refractivity contribution in [3.63, 3.8) is 0 Å². The van der Waals surface area contributed by atoms with E-state index in [-0.39, 0.29) is 0 Å². The zero-order chi connectivity index (χ0) is 12.4. The molecule has 3 atom stereocenters. The summed E-state index contributed by atoms with van der Waals surface area (Å²) >= 11 is 1.74. The van der Waals surface area contributed by atoms with Gasteiger partial charge < -0.3 is 10.6 Å². The molecule has 3 unspecified atom stereocenters. The molecule has 3 nitrogen and oxygen atoms in total. The number of nitrogens with one attached hydrogen (secondary N) is 2. The molecule has 18 heavy (non-hydrogen) atoms. The van der Waals surface area contributed by atoms with E-state index >= 15 is 0 Å². The van der Waals surface area contributed by atoms with Crippen molar-refractivity contribution < 1.29 is 0 Å². The molecule has 2 bridgehead atoms. The summed E-state index contributed by atoms with van der Waals surface area (Å²) in [4.78, 5) is 4.36. The smallest absolute Gasteiger partial charge is 0.109 e. The Hall–Kier alpha value is -0.450. The Bertz CT molecular complexity index is 353. The van der Waals surface area contributed by atoms with Gasteiger partial charge in [0.15, 0.2) is 0 Å². The van der Waals surface area contributed by atoms with Crippen molar-refractivity contribution in [3.8, 4) is 0 Å². The second-order valence-corrected chi connectivity index (χ2v) is 6.74. The molecular formula is C14H23N3S. The van der Waals surface area contributed by atoms with E-state index < -0.39 is 0 Å². The largest absolute Gasteiger partial charge is 0.311 e. The lowest BCUT2D eigenvalue weighted by atomic mass is 9.90. The average Bonchev–Trinajstić information content (AvgIpc) is 2.99. The molecule has 4 heteroatoms. The average molecular weight is 265 g/mol. The van der Waals surface area contributed by atoms with E-state index in [9.17, 15) is 0 Å². The highest BCUT2D eigenvalue weighted by Gasteiger charge is 2.32. The summed E-state index contributed by atoms with van der Waals surface area (Å²) in [5.41, 5.74) is 0. The first-order valence-corrected chi connectivity index (χ1v) is 8.08. The third-order valence-corrected chi connectivity index (χ3v) is 5.35. The predicted octanol–water partition coefficient (Wildman–Crippen LogP) is 2.71. The van der Waals surface area contributed by atoms with Gasteiger partial charge in [-0.2, -0.15) is 0 Å². The fourth-order valence-electron chi connectivity index (χ4n) is 3.45. The Kier molecular flexibility index (Phi) is 3.97. The van der Waals surface area contributed by atoms with Crippen LogP contribution in [0.5, 0.6) is 0 Å². The molecule has 2 N–H and O–H groups in total. The van der Waals surface area contributed by atoms with Crippen LogP contribution in [0.1, 0.15) is 50.1 Å². The third-order valence-electron chi connectivity index (χ3n) is 4.40. The summed E-state index contributed by atoms with van der Waals surface area (Å²) in [5, 5.41) is 10.6. The van der Waals surface area contributed by atoms with E-state index in [0.717, 1.165) is 24.5 Å². The number of fused-ring (bicyclic) bond motifs is 2. The maximum absolute atomic E-state index is 4.36. The summed E-state index contributed by atoms with van der Waals surface area (Å²) < 4.78 is 0. The molecule has 3 rings (SSSR count). The fourth-order valence-corrected chi connectivity index (χ4v) is 4.12. The minimum Gasteiger partial charge on any atom is -0.311 e. The van der Waals surface area contributed by atoms with E-state index in [1.807, 2.05) is 6.20 Å². The van der Waals surface area contributed by atoms with Crippen molar-refractivity contribution in [2.75, 3.05) is 6.54 Å². The minimum absolute atomic E-state index is 0.406. The fraction of sp³-hybridized carbons (Fsp3) is 0.786. The highest BCUT2D eigenvalue weighted by atomic mass is 32.1. The molecule has 0 aromatic carbocycles. The molecule has 100 valence electrons. The summed E-state index contributed by atoms with van der Waals surface area (Å²) in [7, 11) is 0. The number of piperidine rings is 1. The molecule has 0 amide bonds. The van der Waals surface area contributed by atoms with Gasteiger partial charge in [-0.25, -0.2) is 4.98 Å². The van der Waals surface area contributed by atoms with Crippen molar-refractivity contribution >= 4 is 11.3 Å². The molecule has 2 aliphatic heterocycles. The van der Waals surface area contributed by atoms with Crippen LogP contribution in [0.15, 0.2) is 11.6 Å². The van der Waals surface area contributed by atoms with Gasteiger partial charge >= 0.3 is 0 Å². The van der Waals surface area contributed by atoms with Crippen LogP contribution in [0.3, 0.4) is 0 Å². The Morgan fingerprint density at radius 2 is 2.22 bits per heavy atom. The number of hydrogen-bond donors (Lipinski definition) is 2. The van der Waals surface area contributed by atoms with Gasteiger partial charge in [-0.3, -0.25) is 0 Å². The van der Waals surface area contributed by atoms with Crippen LogP contribution in [0.2, 0.25) is 0 Å². The molecule has 2 saturated heterocycles. The molecule has 3 heterocycles. The van der Waals surface area contributed by atoms with Gasteiger partial charge in [0.25, 0.3) is 0 Å². The molecule has 0 saturated carbocycles. The van der Waals surface area contributed by atoms with E-state index in [2.05, 4.69) is 27.9 Å². The topological polar surface area (TPSA) is 37.0 Å². The van der Waals surface area contributed by atoms with Crippen LogP contribution in [0, 0.1) is 5.92 Å². The molecule has 1 aromatic rings. The van der Waals surface area contributed by atoms with Crippen molar-refractivity contribution in [1.82, 2.24) is 15.6 Å². The van der Waals surface area contributed by atoms with E-state index in [0.29, 0.717) is 6.04 Å². The zero-order valence-corrected chi connectivity index (χ0v) is 11.9. The van der Waals surface area contributed by atoms with E-state index in [4.69, 9.17) is 0 Å². The Morgan fingerprint density at radius 1 is 1.44 bits per heavy atom. The maximum Gasteiger partial charge on any atom is 0.109 e. The highest BCUT2D eigenvalue weighted by molar-refractivity contribution is 7.09. The van der Waals surface area contributed by atoms with Crippen molar-refractivity contribution in [3.05, 3.63) is 16.6 Å². The lowest BCUT2D eigenvalue weighted by molar-refractivity contribution is 0.281. The molecular weight excluding hydrogens is 242 g/mol. The number of aromatic nitrogens is 1. The van der Waals surface area contributed by atoms with Crippen LogP contribution in [0.25, 0.3) is 0 Å². The Labute approximate surface area is 113 Å². The van der Waals surface area contributed by atoms with Crippen LogP contribution in [-0.4, -0.2) is 23.6 Å². The van der Waals surface area contributed by atoms with E-state index in [1.54, 1.807) is 11.3 Å². The molecule has 2 fully saturated rings. The SMILES string of the molecule is CC(NCCC1CC2CCC(C1)N2)c1nccs1. The zero-order valence-electron chi connectivity index (χ0n) is 11.1. The van der Waals surface area contributed by atoms with Crippen LogP contribution >= 0.6 is 11.3 Å². The number of nitrogens with zero attached hydrogens (tertiary/aromatic N) is 1. The first-order chi connectivity index (χ1) is 8.81. The van der Waals surface area contributed by atoms with Crippen LogP contribution in [0.4, 0.5) is 0 Å². The summed E-state index contributed by atoms with van der Waals surface area (Å²) in [6.45, 7) is 3.34. The summed E-state index contributed by atoms with van der Waals surface area (Å²) in [6, 6.07) is 2.05. The molecule has 2 aliphatic rings. The van der Waals surface area contributed by atoms with Crippen LogP contribution < -0.4 is 10.6 Å².